The molecule has 0 aromatic heterocycles. The van der Waals surface area contributed by atoms with Crippen LogP contribution in [0.4, 0.5) is 4.79 Å². The van der Waals surface area contributed by atoms with Crippen molar-refractivity contribution in [1.82, 2.24) is 9.80 Å². The van der Waals surface area contributed by atoms with E-state index in [9.17, 15) is 4.79 Å². The molecule has 19 heavy (non-hydrogen) atoms. The zero-order valence-corrected chi connectivity index (χ0v) is 11.2. The average Bonchev–Trinajstić information content (AvgIpc) is 2.82. The van der Waals surface area contributed by atoms with Gasteiger partial charge in [0, 0.05) is 38.1 Å². The third kappa shape index (κ3) is 2.32. The fourth-order valence-electron chi connectivity index (χ4n) is 3.57. The van der Waals surface area contributed by atoms with Crippen LogP contribution in [0.2, 0.25) is 0 Å². The molecule has 0 saturated carbocycles. The molecule has 0 bridgehead atoms. The lowest BCUT2D eigenvalue weighted by atomic mass is 9.83. The monoisotopic (exact) mass is 260 g/mol. The lowest BCUT2D eigenvalue weighted by molar-refractivity contribution is 0.144. The minimum atomic E-state index is -0.773. The van der Waals surface area contributed by atoms with Crippen molar-refractivity contribution < 1.29 is 9.90 Å². The quantitative estimate of drug-likeness (QED) is 0.885. The van der Waals surface area contributed by atoms with Crippen molar-refractivity contribution in [2.24, 2.45) is 11.3 Å². The van der Waals surface area contributed by atoms with Crippen LogP contribution < -0.4 is 0 Å². The van der Waals surface area contributed by atoms with Crippen molar-refractivity contribution in [2.45, 2.75) is 13.5 Å². The normalized spacial score (nSPS) is 30.6. The molecule has 2 fully saturated rings. The van der Waals surface area contributed by atoms with E-state index < -0.39 is 6.09 Å². The highest BCUT2D eigenvalue weighted by molar-refractivity contribution is 5.65. The Balaban J connectivity index is 1.65. The Hall–Kier alpha value is -1.55. The number of carbonyl (C=O) groups is 1. The average molecular weight is 260 g/mol. The fourth-order valence-corrected chi connectivity index (χ4v) is 3.57. The van der Waals surface area contributed by atoms with Gasteiger partial charge in [0.1, 0.15) is 0 Å². The maximum Gasteiger partial charge on any atom is 0.407 e. The number of rotatable bonds is 2. The van der Waals surface area contributed by atoms with Gasteiger partial charge in [0.05, 0.1) is 0 Å². The molecule has 102 valence electrons. The fraction of sp³-hybridized carbons (Fsp3) is 0.533. The van der Waals surface area contributed by atoms with Crippen LogP contribution in [0, 0.1) is 11.3 Å². The van der Waals surface area contributed by atoms with E-state index in [4.69, 9.17) is 5.11 Å². The second-order valence-electron chi connectivity index (χ2n) is 6.17. The minimum Gasteiger partial charge on any atom is -0.465 e. The number of fused-ring (bicyclic) bond motifs is 1. The molecule has 2 saturated heterocycles. The topological polar surface area (TPSA) is 43.8 Å². The molecular formula is C15H20N2O2. The third-order valence-electron chi connectivity index (χ3n) is 4.56. The second kappa shape index (κ2) is 4.53. The van der Waals surface area contributed by atoms with Crippen LogP contribution in [0.1, 0.15) is 12.5 Å². The van der Waals surface area contributed by atoms with Crippen molar-refractivity contribution in [1.29, 1.82) is 0 Å². The van der Waals surface area contributed by atoms with Gasteiger partial charge < -0.3 is 10.0 Å². The second-order valence-corrected chi connectivity index (χ2v) is 6.17. The summed E-state index contributed by atoms with van der Waals surface area (Å²) >= 11 is 0. The van der Waals surface area contributed by atoms with Gasteiger partial charge in [-0.25, -0.2) is 4.79 Å². The molecular weight excluding hydrogens is 240 g/mol. The Morgan fingerprint density at radius 1 is 1.32 bits per heavy atom. The molecule has 1 amide bonds. The standard InChI is InChI=1S/C15H20N2O2/c1-15-10-16(7-12-5-3-2-4-6-12)8-13(15)9-17(11-15)14(18)19/h2-6,13H,7-11H2,1H3,(H,18,19). The molecule has 0 radical (unpaired) electrons. The number of amides is 1. The Morgan fingerprint density at radius 2 is 2.05 bits per heavy atom. The van der Waals surface area contributed by atoms with Gasteiger partial charge in [-0.2, -0.15) is 0 Å². The van der Waals surface area contributed by atoms with E-state index in [0.717, 1.165) is 19.6 Å². The van der Waals surface area contributed by atoms with Gasteiger partial charge in [-0.05, 0) is 11.5 Å². The predicted molar refractivity (Wildman–Crippen MR) is 72.9 cm³/mol. The summed E-state index contributed by atoms with van der Waals surface area (Å²) < 4.78 is 0. The predicted octanol–water partition coefficient (Wildman–Crippen LogP) is 2.12. The van der Waals surface area contributed by atoms with Crippen molar-refractivity contribution in [2.75, 3.05) is 26.2 Å². The minimum absolute atomic E-state index is 0.132. The van der Waals surface area contributed by atoms with Gasteiger partial charge >= 0.3 is 6.09 Å². The molecule has 0 spiro atoms. The van der Waals surface area contributed by atoms with Crippen molar-refractivity contribution in [3.05, 3.63) is 35.9 Å². The van der Waals surface area contributed by atoms with E-state index in [1.54, 1.807) is 4.90 Å². The molecule has 2 aliphatic heterocycles. The summed E-state index contributed by atoms with van der Waals surface area (Å²) in [6.45, 7) is 6.58. The van der Waals surface area contributed by atoms with Crippen LogP contribution in [0.3, 0.4) is 0 Å². The number of carboxylic acid groups (broad SMARTS) is 1. The molecule has 2 aliphatic rings. The number of hydrogen-bond donors (Lipinski definition) is 1. The maximum absolute atomic E-state index is 11.1. The largest absolute Gasteiger partial charge is 0.465 e. The molecule has 1 N–H and O–H groups in total. The molecule has 0 aliphatic carbocycles. The summed E-state index contributed by atoms with van der Waals surface area (Å²) in [5.74, 6) is 0.479. The first-order chi connectivity index (χ1) is 9.07. The molecule has 1 aromatic carbocycles. The van der Waals surface area contributed by atoms with Gasteiger partial charge in [-0.3, -0.25) is 4.90 Å². The van der Waals surface area contributed by atoms with E-state index in [-0.39, 0.29) is 5.41 Å². The van der Waals surface area contributed by atoms with E-state index >= 15 is 0 Å². The number of nitrogens with zero attached hydrogens (tertiary/aromatic N) is 2. The van der Waals surface area contributed by atoms with Crippen LogP contribution >= 0.6 is 0 Å². The Morgan fingerprint density at radius 3 is 2.68 bits per heavy atom. The zero-order valence-electron chi connectivity index (χ0n) is 11.2. The van der Waals surface area contributed by atoms with Crippen molar-refractivity contribution in [3.8, 4) is 0 Å². The lowest BCUT2D eigenvalue weighted by Gasteiger charge is -2.24. The number of likely N-dealkylation sites (tertiary alicyclic amines) is 2. The van der Waals surface area contributed by atoms with Crippen LogP contribution in [0.5, 0.6) is 0 Å². The molecule has 4 nitrogen and oxygen atoms in total. The van der Waals surface area contributed by atoms with Crippen LogP contribution in [0.25, 0.3) is 0 Å². The van der Waals surface area contributed by atoms with Crippen LogP contribution in [-0.4, -0.2) is 47.2 Å². The summed E-state index contributed by atoms with van der Waals surface area (Å²) in [4.78, 5) is 15.1. The molecule has 2 heterocycles. The van der Waals surface area contributed by atoms with Crippen molar-refractivity contribution >= 4 is 6.09 Å². The Labute approximate surface area is 113 Å². The summed E-state index contributed by atoms with van der Waals surface area (Å²) in [7, 11) is 0. The number of benzene rings is 1. The highest BCUT2D eigenvalue weighted by Crippen LogP contribution is 2.42. The maximum atomic E-state index is 11.1. The molecule has 2 unspecified atom stereocenters. The van der Waals surface area contributed by atoms with Gasteiger partial charge in [0.15, 0.2) is 0 Å². The number of hydrogen-bond acceptors (Lipinski definition) is 2. The summed E-state index contributed by atoms with van der Waals surface area (Å²) in [5.41, 5.74) is 1.47. The molecule has 1 aromatic rings. The highest BCUT2D eigenvalue weighted by Gasteiger charge is 2.50. The van der Waals surface area contributed by atoms with E-state index in [2.05, 4.69) is 36.1 Å². The Kier molecular flexibility index (Phi) is 2.97. The van der Waals surface area contributed by atoms with E-state index in [1.165, 1.54) is 5.56 Å². The lowest BCUT2D eigenvalue weighted by Crippen LogP contribution is -2.34. The summed E-state index contributed by atoms with van der Waals surface area (Å²) in [6, 6.07) is 10.5. The first-order valence-corrected chi connectivity index (χ1v) is 6.81. The summed E-state index contributed by atoms with van der Waals surface area (Å²) in [6.07, 6.45) is -0.773. The third-order valence-corrected chi connectivity index (χ3v) is 4.56. The van der Waals surface area contributed by atoms with Crippen LogP contribution in [-0.2, 0) is 6.54 Å². The SMILES string of the molecule is CC12CN(Cc3ccccc3)CC1CN(C(=O)O)C2. The summed E-state index contributed by atoms with van der Waals surface area (Å²) in [5, 5.41) is 9.10. The van der Waals surface area contributed by atoms with E-state index in [1.807, 2.05) is 6.07 Å². The smallest absolute Gasteiger partial charge is 0.407 e. The first kappa shape index (κ1) is 12.5. The van der Waals surface area contributed by atoms with Crippen LogP contribution in [0.15, 0.2) is 30.3 Å². The van der Waals surface area contributed by atoms with Gasteiger partial charge in [-0.1, -0.05) is 37.3 Å². The van der Waals surface area contributed by atoms with Crippen molar-refractivity contribution in [3.63, 3.8) is 0 Å². The van der Waals surface area contributed by atoms with Gasteiger partial charge in [0.25, 0.3) is 0 Å². The van der Waals surface area contributed by atoms with Gasteiger partial charge in [0.2, 0.25) is 0 Å². The van der Waals surface area contributed by atoms with Gasteiger partial charge in [-0.15, -0.1) is 0 Å². The highest BCUT2D eigenvalue weighted by atomic mass is 16.4. The van der Waals surface area contributed by atoms with E-state index in [0.29, 0.717) is 19.0 Å². The first-order valence-electron chi connectivity index (χ1n) is 6.81. The molecule has 4 heteroatoms. The Bertz CT molecular complexity index is 476. The molecule has 3 rings (SSSR count). The zero-order chi connectivity index (χ0) is 13.5. The molecule has 2 atom stereocenters.